The fraction of sp³-hybridized carbons (Fsp3) is 0.591. The van der Waals surface area contributed by atoms with Crippen molar-refractivity contribution in [3.63, 3.8) is 0 Å². The number of aliphatic carboxylic acids is 1. The first-order valence-electron chi connectivity index (χ1n) is 10.2. The molecule has 3 rings (SSSR count). The number of alkyl halides is 1. The topological polar surface area (TPSA) is 81.0 Å². The maximum atomic E-state index is 10.5. The summed E-state index contributed by atoms with van der Waals surface area (Å²) in [6, 6.07) is 8.00. The number of benzene rings is 1. The number of aliphatic hydroxyl groups is 2. The van der Waals surface area contributed by atoms with Crippen LogP contribution in [-0.4, -0.2) is 44.9 Å². The number of unbranched alkanes of at least 4 members (excludes halogenated alkanes) is 1. The molecule has 3 unspecified atom stereocenters. The van der Waals surface area contributed by atoms with Crippen molar-refractivity contribution < 1.29 is 20.1 Å². The molecule has 0 bridgehead atoms. The number of hydrogen-bond acceptors (Lipinski definition) is 4. The smallest absolute Gasteiger partial charge is 0.303 e. The molecule has 3 atom stereocenters. The largest absolute Gasteiger partial charge is 0.481 e. The lowest BCUT2D eigenvalue weighted by atomic mass is 9.74. The molecule has 0 aromatic heterocycles. The molecule has 1 heterocycles. The number of rotatable bonds is 9. The maximum Gasteiger partial charge on any atom is 0.303 e. The van der Waals surface area contributed by atoms with Gasteiger partial charge in [-0.3, -0.25) is 4.79 Å². The van der Waals surface area contributed by atoms with Crippen LogP contribution < -0.4 is 4.90 Å². The predicted molar refractivity (Wildman–Crippen MR) is 111 cm³/mol. The first-order valence-corrected chi connectivity index (χ1v) is 10.6. The molecule has 2 aliphatic rings. The van der Waals surface area contributed by atoms with E-state index in [1.54, 1.807) is 0 Å². The lowest BCUT2D eigenvalue weighted by Crippen LogP contribution is -2.43. The summed E-state index contributed by atoms with van der Waals surface area (Å²) in [5.41, 5.74) is 0.857. The van der Waals surface area contributed by atoms with Crippen LogP contribution in [0.15, 0.2) is 36.4 Å². The number of allylic oxidation sites excluding steroid dienone is 1. The zero-order valence-electron chi connectivity index (χ0n) is 16.1. The number of carboxylic acid groups (broad SMARTS) is 1. The summed E-state index contributed by atoms with van der Waals surface area (Å²) >= 11 is 6.55. The molecule has 1 aromatic carbocycles. The Hall–Kier alpha value is -1.56. The van der Waals surface area contributed by atoms with Crippen LogP contribution in [0.4, 0.5) is 5.69 Å². The summed E-state index contributed by atoms with van der Waals surface area (Å²) < 4.78 is 0. The minimum Gasteiger partial charge on any atom is -0.481 e. The first kappa shape index (κ1) is 21.2. The minimum atomic E-state index is -0.968. The molecule has 0 amide bonds. The molecule has 1 aliphatic heterocycles. The van der Waals surface area contributed by atoms with Gasteiger partial charge in [0.15, 0.2) is 0 Å². The third kappa shape index (κ3) is 4.88. The molecule has 154 valence electrons. The van der Waals surface area contributed by atoms with Crippen LogP contribution in [0.5, 0.6) is 0 Å². The van der Waals surface area contributed by atoms with Gasteiger partial charge in [-0.05, 0) is 62.6 Å². The van der Waals surface area contributed by atoms with Gasteiger partial charge in [0.1, 0.15) is 6.10 Å². The Labute approximate surface area is 171 Å². The van der Waals surface area contributed by atoms with Crippen molar-refractivity contribution in [1.82, 2.24) is 0 Å². The van der Waals surface area contributed by atoms with Gasteiger partial charge in [-0.2, -0.15) is 0 Å². The molecule has 0 spiro atoms. The summed E-state index contributed by atoms with van der Waals surface area (Å²) in [5, 5.41) is 29.6. The third-order valence-electron chi connectivity index (χ3n) is 6.04. The van der Waals surface area contributed by atoms with E-state index < -0.39 is 17.7 Å². The predicted octanol–water partition coefficient (Wildman–Crippen LogP) is 4.02. The molecular weight excluding hydrogens is 378 g/mol. The summed E-state index contributed by atoms with van der Waals surface area (Å²) in [6.45, 7) is 0.886. The molecule has 1 saturated carbocycles. The molecule has 1 saturated heterocycles. The van der Waals surface area contributed by atoms with E-state index in [1.165, 1.54) is 0 Å². The van der Waals surface area contributed by atoms with Crippen LogP contribution in [0.3, 0.4) is 0 Å². The van der Waals surface area contributed by atoms with Gasteiger partial charge in [-0.25, -0.2) is 0 Å². The Kier molecular flexibility index (Phi) is 7.02. The maximum absolute atomic E-state index is 10.5. The van der Waals surface area contributed by atoms with Crippen LogP contribution in [0.1, 0.15) is 63.0 Å². The minimum absolute atomic E-state index is 0.0737. The van der Waals surface area contributed by atoms with Crippen molar-refractivity contribution in [1.29, 1.82) is 0 Å². The van der Waals surface area contributed by atoms with Crippen LogP contribution >= 0.6 is 11.6 Å². The second-order valence-electron chi connectivity index (χ2n) is 8.01. The number of carbonyl (C=O) groups is 1. The van der Waals surface area contributed by atoms with Gasteiger partial charge in [-0.1, -0.05) is 24.3 Å². The normalized spacial score (nSPS) is 25.0. The molecule has 3 N–H and O–H groups in total. The molecule has 28 heavy (non-hydrogen) atoms. The zero-order chi connectivity index (χ0) is 20.1. The average molecular weight is 408 g/mol. The highest BCUT2D eigenvalue weighted by molar-refractivity contribution is 6.21. The van der Waals surface area contributed by atoms with Crippen molar-refractivity contribution in [3.05, 3.63) is 42.0 Å². The Bertz CT molecular complexity index is 686. The number of aliphatic hydroxyl groups excluding tert-OH is 1. The van der Waals surface area contributed by atoms with Gasteiger partial charge in [0.2, 0.25) is 0 Å². The zero-order valence-corrected chi connectivity index (χ0v) is 16.9. The highest BCUT2D eigenvalue weighted by atomic mass is 35.5. The van der Waals surface area contributed by atoms with E-state index in [9.17, 15) is 15.0 Å². The molecule has 2 fully saturated rings. The second-order valence-corrected chi connectivity index (χ2v) is 8.57. The Morgan fingerprint density at radius 2 is 2.00 bits per heavy atom. The number of anilines is 1. The molecule has 1 aromatic rings. The molecule has 1 aliphatic carbocycles. The van der Waals surface area contributed by atoms with E-state index >= 15 is 0 Å². The van der Waals surface area contributed by atoms with Crippen LogP contribution in [-0.2, 0) is 4.79 Å². The monoisotopic (exact) mass is 407 g/mol. The van der Waals surface area contributed by atoms with Crippen molar-refractivity contribution in [2.75, 3.05) is 11.4 Å². The van der Waals surface area contributed by atoms with Crippen LogP contribution in [0, 0.1) is 0 Å². The Morgan fingerprint density at radius 3 is 2.61 bits per heavy atom. The fourth-order valence-corrected chi connectivity index (χ4v) is 4.44. The number of carboxylic acids is 1. The van der Waals surface area contributed by atoms with Crippen molar-refractivity contribution in [2.24, 2.45) is 0 Å². The van der Waals surface area contributed by atoms with Crippen LogP contribution in [0.2, 0.25) is 0 Å². The summed E-state index contributed by atoms with van der Waals surface area (Å²) in [4.78, 5) is 12.8. The molecule has 0 radical (unpaired) electrons. The standard InChI is InChI=1S/C22H30ClNO4/c23-18-12-15-24(19(18)6-3-1-2-4-7-20(25)26)17-10-8-16(9-11-17)21(27)22(28)13-5-14-22/h1,3,8-11,18-19,21,27-28H,2,4-7,12-15H2,(H,25,26)/b3-1-. The van der Waals surface area contributed by atoms with Gasteiger partial charge in [0.25, 0.3) is 0 Å². The van der Waals surface area contributed by atoms with Gasteiger partial charge < -0.3 is 20.2 Å². The Morgan fingerprint density at radius 1 is 1.29 bits per heavy atom. The van der Waals surface area contributed by atoms with E-state index in [4.69, 9.17) is 16.7 Å². The molecule has 6 heteroatoms. The molecule has 5 nitrogen and oxygen atoms in total. The SMILES string of the molecule is O=C(O)CCC/C=C\CC1C(Cl)CCN1c1ccc(C(O)C2(O)CCC2)cc1. The number of hydrogen-bond donors (Lipinski definition) is 3. The lowest BCUT2D eigenvalue weighted by molar-refractivity contribution is -0.137. The van der Waals surface area contributed by atoms with E-state index in [0.29, 0.717) is 19.3 Å². The van der Waals surface area contributed by atoms with E-state index in [0.717, 1.165) is 43.5 Å². The molecular formula is C22H30ClNO4. The summed E-state index contributed by atoms with van der Waals surface area (Å²) in [7, 11) is 0. The number of halogens is 1. The van der Waals surface area contributed by atoms with Gasteiger partial charge in [-0.15, -0.1) is 11.6 Å². The highest BCUT2D eigenvalue weighted by Crippen LogP contribution is 2.42. The quantitative estimate of drug-likeness (QED) is 0.327. The number of nitrogens with zero attached hydrogens (tertiary/aromatic N) is 1. The average Bonchev–Trinajstić information content (AvgIpc) is 3.02. The summed E-state index contributed by atoms with van der Waals surface area (Å²) in [6.07, 6.45) is 8.93. The van der Waals surface area contributed by atoms with Crippen molar-refractivity contribution in [2.45, 2.75) is 74.5 Å². The van der Waals surface area contributed by atoms with Gasteiger partial charge >= 0.3 is 5.97 Å². The Balaban J connectivity index is 1.58. The third-order valence-corrected chi connectivity index (χ3v) is 6.55. The van der Waals surface area contributed by atoms with Gasteiger partial charge in [0, 0.05) is 24.7 Å². The first-order chi connectivity index (χ1) is 13.4. The van der Waals surface area contributed by atoms with Gasteiger partial charge in [0.05, 0.1) is 11.0 Å². The highest BCUT2D eigenvalue weighted by Gasteiger charge is 2.42. The second kappa shape index (κ2) is 9.29. The van der Waals surface area contributed by atoms with E-state index in [2.05, 4.69) is 11.0 Å². The lowest BCUT2D eigenvalue weighted by Gasteiger charge is -2.40. The van der Waals surface area contributed by atoms with E-state index in [1.807, 2.05) is 30.3 Å². The van der Waals surface area contributed by atoms with Crippen molar-refractivity contribution in [3.8, 4) is 0 Å². The fourth-order valence-electron chi connectivity index (χ4n) is 4.11. The van der Waals surface area contributed by atoms with Crippen LogP contribution in [0.25, 0.3) is 0 Å². The van der Waals surface area contributed by atoms with Crippen molar-refractivity contribution >= 4 is 23.3 Å². The van der Waals surface area contributed by atoms with E-state index in [-0.39, 0.29) is 17.8 Å². The summed E-state index contributed by atoms with van der Waals surface area (Å²) in [5.74, 6) is -0.755.